The molecule has 1 aliphatic carbocycles. The Kier molecular flexibility index (Phi) is 4.34. The SMILES string of the molecule is Cc1cc(C(=O)N2CCC[C@@H]2C(=O)NCc2ccco2)c(C)n1C1CC1. The van der Waals surface area contributed by atoms with E-state index in [1.165, 1.54) is 12.8 Å². The summed E-state index contributed by atoms with van der Waals surface area (Å²) in [7, 11) is 0. The van der Waals surface area contributed by atoms with Crippen LogP contribution in [0.2, 0.25) is 0 Å². The van der Waals surface area contributed by atoms with E-state index < -0.39 is 6.04 Å². The standard InChI is InChI=1S/C20H25N3O3/c1-13-11-17(14(2)23(13)15-7-8-15)20(25)22-9-3-6-18(22)19(24)21-12-16-5-4-10-26-16/h4-5,10-11,15,18H,3,6-9,12H2,1-2H3,(H,21,24)/t18-/m1/s1. The molecule has 1 saturated carbocycles. The van der Waals surface area contributed by atoms with Gasteiger partial charge < -0.3 is 19.2 Å². The normalized spacial score (nSPS) is 19.8. The van der Waals surface area contributed by atoms with Gasteiger partial charge in [-0.2, -0.15) is 0 Å². The van der Waals surface area contributed by atoms with Gasteiger partial charge >= 0.3 is 0 Å². The largest absolute Gasteiger partial charge is 0.467 e. The number of carbonyl (C=O) groups excluding carboxylic acids is 2. The van der Waals surface area contributed by atoms with E-state index >= 15 is 0 Å². The van der Waals surface area contributed by atoms with Gasteiger partial charge in [0.05, 0.1) is 18.4 Å². The molecule has 138 valence electrons. The first-order chi connectivity index (χ1) is 12.6. The van der Waals surface area contributed by atoms with Crippen molar-refractivity contribution in [1.29, 1.82) is 0 Å². The van der Waals surface area contributed by atoms with Crippen LogP contribution in [0.4, 0.5) is 0 Å². The molecule has 1 atom stereocenters. The van der Waals surface area contributed by atoms with Gasteiger partial charge in [-0.1, -0.05) is 0 Å². The van der Waals surface area contributed by atoms with E-state index in [1.54, 1.807) is 17.2 Å². The van der Waals surface area contributed by atoms with Gasteiger partial charge in [-0.15, -0.1) is 0 Å². The molecule has 6 nitrogen and oxygen atoms in total. The fourth-order valence-corrected chi connectivity index (χ4v) is 4.03. The first-order valence-electron chi connectivity index (χ1n) is 9.35. The van der Waals surface area contributed by atoms with Crippen molar-refractivity contribution in [2.45, 2.75) is 58.2 Å². The number of hydrogen-bond donors (Lipinski definition) is 1. The van der Waals surface area contributed by atoms with Crippen molar-refractivity contribution >= 4 is 11.8 Å². The molecule has 1 saturated heterocycles. The molecule has 6 heteroatoms. The number of nitrogens with one attached hydrogen (secondary N) is 1. The average Bonchev–Trinajstić information content (AvgIpc) is 3.04. The van der Waals surface area contributed by atoms with Crippen LogP contribution in [0, 0.1) is 13.8 Å². The molecule has 26 heavy (non-hydrogen) atoms. The van der Waals surface area contributed by atoms with Crippen LogP contribution in [-0.2, 0) is 11.3 Å². The van der Waals surface area contributed by atoms with Gasteiger partial charge in [0.1, 0.15) is 11.8 Å². The van der Waals surface area contributed by atoms with Gasteiger partial charge in [-0.05, 0) is 57.7 Å². The van der Waals surface area contributed by atoms with E-state index in [0.29, 0.717) is 31.3 Å². The van der Waals surface area contributed by atoms with Crippen molar-refractivity contribution in [3.8, 4) is 0 Å². The summed E-state index contributed by atoms with van der Waals surface area (Å²) >= 11 is 0. The molecule has 0 unspecified atom stereocenters. The first-order valence-corrected chi connectivity index (χ1v) is 9.35. The Morgan fingerprint density at radius 1 is 1.27 bits per heavy atom. The summed E-state index contributed by atoms with van der Waals surface area (Å²) < 4.78 is 7.53. The van der Waals surface area contributed by atoms with Crippen LogP contribution in [0.25, 0.3) is 0 Å². The third-order valence-corrected chi connectivity index (χ3v) is 5.46. The van der Waals surface area contributed by atoms with E-state index in [-0.39, 0.29) is 11.8 Å². The summed E-state index contributed by atoms with van der Waals surface area (Å²) in [4.78, 5) is 27.5. The third kappa shape index (κ3) is 3.04. The van der Waals surface area contributed by atoms with Crippen LogP contribution < -0.4 is 5.32 Å². The predicted octanol–water partition coefficient (Wildman–Crippen LogP) is 2.95. The second-order valence-electron chi connectivity index (χ2n) is 7.34. The van der Waals surface area contributed by atoms with Gasteiger partial charge in [0.15, 0.2) is 0 Å². The van der Waals surface area contributed by atoms with E-state index in [9.17, 15) is 9.59 Å². The lowest BCUT2D eigenvalue weighted by molar-refractivity contribution is -0.125. The van der Waals surface area contributed by atoms with Gasteiger partial charge in [-0.3, -0.25) is 9.59 Å². The minimum absolute atomic E-state index is 0.0272. The van der Waals surface area contributed by atoms with Crippen LogP contribution in [-0.4, -0.2) is 33.9 Å². The van der Waals surface area contributed by atoms with Gasteiger partial charge in [0, 0.05) is 24.0 Å². The van der Waals surface area contributed by atoms with E-state index in [0.717, 1.165) is 23.4 Å². The van der Waals surface area contributed by atoms with E-state index in [1.807, 2.05) is 19.1 Å². The maximum absolute atomic E-state index is 13.1. The van der Waals surface area contributed by atoms with Crippen LogP contribution in [0.15, 0.2) is 28.9 Å². The van der Waals surface area contributed by atoms with Crippen molar-refractivity contribution < 1.29 is 14.0 Å². The van der Waals surface area contributed by atoms with Crippen molar-refractivity contribution in [3.63, 3.8) is 0 Å². The Hall–Kier alpha value is -2.50. The Morgan fingerprint density at radius 2 is 2.08 bits per heavy atom. The molecule has 0 aromatic carbocycles. The number of amides is 2. The molecule has 4 rings (SSSR count). The number of rotatable bonds is 5. The second kappa shape index (κ2) is 6.67. The maximum Gasteiger partial charge on any atom is 0.256 e. The van der Waals surface area contributed by atoms with Crippen molar-refractivity contribution in [2.24, 2.45) is 0 Å². The zero-order valence-corrected chi connectivity index (χ0v) is 15.3. The molecular formula is C20H25N3O3. The number of aryl methyl sites for hydroxylation is 1. The Labute approximate surface area is 153 Å². The summed E-state index contributed by atoms with van der Waals surface area (Å²) in [6.45, 7) is 5.05. The summed E-state index contributed by atoms with van der Waals surface area (Å²) in [5.74, 6) is 0.575. The fourth-order valence-electron chi connectivity index (χ4n) is 4.03. The molecule has 2 aliphatic rings. The van der Waals surface area contributed by atoms with E-state index in [2.05, 4.69) is 16.8 Å². The second-order valence-corrected chi connectivity index (χ2v) is 7.34. The zero-order chi connectivity index (χ0) is 18.3. The van der Waals surface area contributed by atoms with Crippen molar-refractivity contribution in [1.82, 2.24) is 14.8 Å². The molecule has 2 aromatic rings. The first kappa shape index (κ1) is 16.9. The summed E-state index contributed by atoms with van der Waals surface area (Å²) in [6, 6.07) is 5.74. The smallest absolute Gasteiger partial charge is 0.256 e. The number of furan rings is 1. The third-order valence-electron chi connectivity index (χ3n) is 5.46. The molecule has 0 spiro atoms. The number of likely N-dealkylation sites (tertiary alicyclic amines) is 1. The highest BCUT2D eigenvalue weighted by atomic mass is 16.3. The summed E-state index contributed by atoms with van der Waals surface area (Å²) in [5, 5.41) is 2.89. The Balaban J connectivity index is 1.48. The number of nitrogens with zero attached hydrogens (tertiary/aromatic N) is 2. The molecule has 1 N–H and O–H groups in total. The van der Waals surface area contributed by atoms with Crippen LogP contribution in [0.3, 0.4) is 0 Å². The lowest BCUT2D eigenvalue weighted by Gasteiger charge is -2.24. The monoisotopic (exact) mass is 355 g/mol. The number of aromatic nitrogens is 1. The van der Waals surface area contributed by atoms with Crippen LogP contribution in [0.1, 0.15) is 59.2 Å². The molecule has 3 heterocycles. The van der Waals surface area contributed by atoms with Crippen LogP contribution >= 0.6 is 0 Å². The molecule has 2 fully saturated rings. The molecule has 0 bridgehead atoms. The van der Waals surface area contributed by atoms with E-state index in [4.69, 9.17) is 4.42 Å². The van der Waals surface area contributed by atoms with Crippen molar-refractivity contribution in [2.75, 3.05) is 6.54 Å². The maximum atomic E-state index is 13.1. The van der Waals surface area contributed by atoms with Gasteiger partial charge in [-0.25, -0.2) is 0 Å². The molecule has 2 aromatic heterocycles. The Morgan fingerprint density at radius 3 is 2.77 bits per heavy atom. The quantitative estimate of drug-likeness (QED) is 0.897. The topological polar surface area (TPSA) is 67.5 Å². The fraction of sp³-hybridized carbons (Fsp3) is 0.500. The highest BCUT2D eigenvalue weighted by molar-refractivity contribution is 5.99. The van der Waals surface area contributed by atoms with Crippen molar-refractivity contribution in [3.05, 3.63) is 47.2 Å². The molecular weight excluding hydrogens is 330 g/mol. The Bertz CT molecular complexity index is 818. The summed E-state index contributed by atoms with van der Waals surface area (Å²) in [6.07, 6.45) is 5.52. The zero-order valence-electron chi connectivity index (χ0n) is 15.3. The minimum atomic E-state index is -0.401. The van der Waals surface area contributed by atoms with Gasteiger partial charge in [0.25, 0.3) is 5.91 Å². The molecule has 2 amide bonds. The average molecular weight is 355 g/mol. The summed E-state index contributed by atoms with van der Waals surface area (Å²) in [5.41, 5.74) is 2.89. The lowest BCUT2D eigenvalue weighted by Crippen LogP contribution is -2.45. The van der Waals surface area contributed by atoms with Gasteiger partial charge in [0.2, 0.25) is 5.91 Å². The van der Waals surface area contributed by atoms with Crippen LogP contribution in [0.5, 0.6) is 0 Å². The lowest BCUT2D eigenvalue weighted by atomic mass is 10.1. The number of carbonyl (C=O) groups is 2. The minimum Gasteiger partial charge on any atom is -0.467 e. The predicted molar refractivity (Wildman–Crippen MR) is 96.8 cm³/mol. The number of hydrogen-bond acceptors (Lipinski definition) is 3. The highest BCUT2D eigenvalue weighted by Crippen LogP contribution is 2.38. The highest BCUT2D eigenvalue weighted by Gasteiger charge is 2.36. The molecule has 1 aliphatic heterocycles. The molecule has 0 radical (unpaired) electrons.